The third-order valence-corrected chi connectivity index (χ3v) is 16.4. The SMILES string of the molecule is C[Si](C)(C)C1=[As]C=CC([Si](C)(C)C)=C1[Si](C)(C)C. The van der Waals surface area contributed by atoms with Crippen LogP contribution < -0.4 is 0 Å². The van der Waals surface area contributed by atoms with Gasteiger partial charge in [0.1, 0.15) is 0 Å². The fraction of sp³-hybridized carbons (Fsp3) is 0.643. The molecule has 0 aromatic heterocycles. The van der Waals surface area contributed by atoms with Gasteiger partial charge < -0.3 is 0 Å². The van der Waals surface area contributed by atoms with Crippen molar-refractivity contribution in [2.24, 2.45) is 0 Å². The molecule has 0 saturated heterocycles. The Morgan fingerprint density at radius 2 is 1.22 bits per heavy atom. The van der Waals surface area contributed by atoms with Crippen LogP contribution in [-0.2, 0) is 0 Å². The predicted octanol–water partition coefficient (Wildman–Crippen LogP) is 4.32. The fourth-order valence-corrected chi connectivity index (χ4v) is 18.5. The quantitative estimate of drug-likeness (QED) is 0.661. The van der Waals surface area contributed by atoms with Crippen LogP contribution in [0.5, 0.6) is 0 Å². The second-order valence-corrected chi connectivity index (χ2v) is 26.4. The Kier molecular flexibility index (Phi) is 4.76. The van der Waals surface area contributed by atoms with Crippen LogP contribution in [0.4, 0.5) is 0 Å². The van der Waals surface area contributed by atoms with Gasteiger partial charge in [0.05, 0.1) is 0 Å². The van der Waals surface area contributed by atoms with E-state index in [4.69, 9.17) is 0 Å². The van der Waals surface area contributed by atoms with E-state index >= 15 is 0 Å². The third kappa shape index (κ3) is 3.78. The van der Waals surface area contributed by atoms with E-state index in [1.807, 2.05) is 9.12 Å². The molecule has 0 fully saturated rings. The van der Waals surface area contributed by atoms with Gasteiger partial charge >= 0.3 is 124 Å². The standard InChI is InChI=1S/C14H29AsSi3/c1-16(2,3)12-10-11-15-14(18(7,8)9)13(12)17(4,5)6/h10-11H,1-9H3. The summed E-state index contributed by atoms with van der Waals surface area (Å²) in [5, 5.41) is 3.67. The van der Waals surface area contributed by atoms with Crippen LogP contribution in [0.25, 0.3) is 0 Å². The van der Waals surface area contributed by atoms with Crippen LogP contribution in [0, 0.1) is 0 Å². The van der Waals surface area contributed by atoms with Crippen molar-refractivity contribution in [2.45, 2.75) is 58.9 Å². The maximum atomic E-state index is 2.54. The first-order chi connectivity index (χ1) is 7.85. The van der Waals surface area contributed by atoms with Gasteiger partial charge in [-0.2, -0.15) is 0 Å². The van der Waals surface area contributed by atoms with Crippen molar-refractivity contribution in [3.8, 4) is 0 Å². The molecule has 0 amide bonds. The molecule has 1 aliphatic rings. The van der Waals surface area contributed by atoms with E-state index in [-0.39, 0.29) is 0 Å². The van der Waals surface area contributed by atoms with E-state index in [1.54, 1.807) is 5.20 Å². The van der Waals surface area contributed by atoms with Gasteiger partial charge in [0.15, 0.2) is 0 Å². The number of rotatable bonds is 3. The van der Waals surface area contributed by atoms with Gasteiger partial charge in [-0.25, -0.2) is 0 Å². The summed E-state index contributed by atoms with van der Waals surface area (Å²) in [7, 11) is -3.57. The molecule has 0 atom stereocenters. The normalized spacial score (nSPS) is 19.1. The van der Waals surface area contributed by atoms with Gasteiger partial charge in [-0.05, 0) is 0 Å². The van der Waals surface area contributed by atoms with Crippen molar-refractivity contribution in [1.82, 2.24) is 0 Å². The van der Waals surface area contributed by atoms with E-state index in [1.165, 1.54) is 0 Å². The molecule has 0 bridgehead atoms. The van der Waals surface area contributed by atoms with Crippen LogP contribution in [-0.4, -0.2) is 43.5 Å². The summed E-state index contributed by atoms with van der Waals surface area (Å²) in [6, 6.07) is 0. The summed E-state index contributed by atoms with van der Waals surface area (Å²) in [4.78, 5) is 2.53. The van der Waals surface area contributed by atoms with Crippen molar-refractivity contribution >= 4 is 43.5 Å². The predicted molar refractivity (Wildman–Crippen MR) is 97.0 cm³/mol. The summed E-state index contributed by atoms with van der Waals surface area (Å²) in [5.41, 5.74) is 0. The van der Waals surface area contributed by atoms with Crippen LogP contribution in [0.15, 0.2) is 21.3 Å². The van der Waals surface area contributed by atoms with Crippen molar-refractivity contribution in [3.05, 3.63) is 21.3 Å². The van der Waals surface area contributed by atoms with E-state index < -0.39 is 24.2 Å². The molecule has 0 spiro atoms. The first kappa shape index (κ1) is 16.6. The van der Waals surface area contributed by atoms with Crippen molar-refractivity contribution in [1.29, 1.82) is 0 Å². The fourth-order valence-electron chi connectivity index (χ4n) is 2.41. The van der Waals surface area contributed by atoms with E-state index in [9.17, 15) is 0 Å². The molecule has 4 heteroatoms. The molecule has 1 aliphatic heterocycles. The Hall–Kier alpha value is 0.559. The Labute approximate surface area is 123 Å². The first-order valence-electron chi connectivity index (χ1n) is 6.85. The second kappa shape index (κ2) is 5.16. The first-order valence-corrected chi connectivity index (χ1v) is 19.4. The van der Waals surface area contributed by atoms with E-state index in [2.05, 4.69) is 69.9 Å². The third-order valence-electron chi connectivity index (χ3n) is 3.22. The number of allylic oxidation sites excluding steroid dienone is 3. The molecule has 0 N–H and O–H groups in total. The van der Waals surface area contributed by atoms with Crippen molar-refractivity contribution < 1.29 is 0 Å². The molecular formula is C14H29AsSi3. The Bertz CT molecular complexity index is 423. The molecule has 0 radical (unpaired) electrons. The van der Waals surface area contributed by atoms with Gasteiger partial charge in [-0.15, -0.1) is 0 Å². The van der Waals surface area contributed by atoms with Crippen molar-refractivity contribution in [2.75, 3.05) is 0 Å². The summed E-state index contributed by atoms with van der Waals surface area (Å²) < 4.78 is 1.94. The average molecular weight is 357 g/mol. The molecule has 0 aliphatic carbocycles. The minimum atomic E-state index is -1.22. The average Bonchev–Trinajstić information content (AvgIpc) is 2.12. The van der Waals surface area contributed by atoms with Crippen LogP contribution in [0.1, 0.15) is 0 Å². The monoisotopic (exact) mass is 356 g/mol. The minimum absolute atomic E-state index is 0.330. The molecule has 1 heterocycles. The van der Waals surface area contributed by atoms with Gasteiger partial charge in [-0.3, -0.25) is 0 Å². The molecule has 1 rings (SSSR count). The molecule has 0 aromatic carbocycles. The van der Waals surface area contributed by atoms with Crippen LogP contribution in [0.3, 0.4) is 0 Å². The summed E-state index contributed by atoms with van der Waals surface area (Å²) in [6.07, 6.45) is 2.52. The van der Waals surface area contributed by atoms with Gasteiger partial charge in [-0.1, -0.05) is 0 Å². The molecule has 0 saturated carbocycles. The molecule has 0 aromatic rings. The van der Waals surface area contributed by atoms with Crippen LogP contribution in [0.2, 0.25) is 58.9 Å². The van der Waals surface area contributed by atoms with Crippen molar-refractivity contribution in [3.63, 3.8) is 0 Å². The molecule has 0 unspecified atom stereocenters. The second-order valence-electron chi connectivity index (χ2n) is 8.33. The molecule has 102 valence electrons. The number of hydrogen-bond acceptors (Lipinski definition) is 0. The zero-order chi connectivity index (χ0) is 14.4. The van der Waals surface area contributed by atoms with Gasteiger partial charge in [0.2, 0.25) is 0 Å². The Morgan fingerprint density at radius 1 is 0.722 bits per heavy atom. The molecular weight excluding hydrogens is 327 g/mol. The Morgan fingerprint density at radius 3 is 1.56 bits per heavy atom. The zero-order valence-corrected chi connectivity index (χ0v) is 18.5. The maximum absolute atomic E-state index is 2.54. The summed E-state index contributed by atoms with van der Waals surface area (Å²) >= 11 is 0.330. The zero-order valence-electron chi connectivity index (χ0n) is 13.6. The van der Waals surface area contributed by atoms with Gasteiger partial charge in [0, 0.05) is 0 Å². The van der Waals surface area contributed by atoms with Crippen LogP contribution >= 0.6 is 0 Å². The summed E-state index contributed by atoms with van der Waals surface area (Å²) in [6.45, 7) is 22.8. The topological polar surface area (TPSA) is 0 Å². The molecule has 0 nitrogen and oxygen atoms in total. The summed E-state index contributed by atoms with van der Waals surface area (Å²) in [5.74, 6) is 0. The van der Waals surface area contributed by atoms with E-state index in [0.29, 0.717) is 15.3 Å². The van der Waals surface area contributed by atoms with Gasteiger partial charge in [0.25, 0.3) is 0 Å². The van der Waals surface area contributed by atoms with E-state index in [0.717, 1.165) is 0 Å². The Balaban J connectivity index is 3.56. The molecule has 18 heavy (non-hydrogen) atoms. The number of hydrogen-bond donors (Lipinski definition) is 0.